The molecule has 0 nitrogen and oxygen atoms in total. The van der Waals surface area contributed by atoms with Crippen molar-refractivity contribution in [3.63, 3.8) is 0 Å². The Morgan fingerprint density at radius 3 is 2.48 bits per heavy atom. The highest BCUT2D eigenvalue weighted by atomic mass is 127. The van der Waals surface area contributed by atoms with E-state index in [1.807, 2.05) is 0 Å². The summed E-state index contributed by atoms with van der Waals surface area (Å²) in [5.41, 5.74) is 10.00. The van der Waals surface area contributed by atoms with E-state index in [9.17, 15) is 0 Å². The van der Waals surface area contributed by atoms with Crippen LogP contribution in [0.1, 0.15) is 57.2 Å². The van der Waals surface area contributed by atoms with E-state index in [-0.39, 0.29) is 5.41 Å². The first-order valence-electron chi connectivity index (χ1n) is 9.96. The molecule has 1 atom stereocenters. The minimum absolute atomic E-state index is 0.0473. The fourth-order valence-electron chi connectivity index (χ4n) is 4.73. The van der Waals surface area contributed by atoms with Gasteiger partial charge in [0.15, 0.2) is 0 Å². The quantitative estimate of drug-likeness (QED) is 0.403. The van der Waals surface area contributed by atoms with Gasteiger partial charge in [0.05, 0.1) is 0 Å². The maximum atomic E-state index is 2.45. The molecule has 0 bridgehead atoms. The molecule has 0 aliphatic heterocycles. The van der Waals surface area contributed by atoms with Crippen molar-refractivity contribution in [3.8, 4) is 11.1 Å². The maximum absolute atomic E-state index is 2.45. The van der Waals surface area contributed by atoms with Gasteiger partial charge in [-0.25, -0.2) is 0 Å². The Morgan fingerprint density at radius 2 is 1.78 bits per heavy atom. The molecule has 2 aromatic carbocycles. The molecular weight excluding hydrogens is 439 g/mol. The van der Waals surface area contributed by atoms with E-state index in [0.717, 1.165) is 6.42 Å². The largest absolute Gasteiger partial charge is 0.0874 e. The first-order chi connectivity index (χ1) is 13.0. The molecule has 0 N–H and O–H groups in total. The van der Waals surface area contributed by atoms with Crippen molar-refractivity contribution < 1.29 is 0 Å². The highest BCUT2D eigenvalue weighted by Gasteiger charge is 2.35. The van der Waals surface area contributed by atoms with Crippen LogP contribution in [0.15, 0.2) is 66.3 Å². The van der Waals surface area contributed by atoms with Gasteiger partial charge in [0, 0.05) is 8.99 Å². The molecule has 0 fully saturated rings. The highest BCUT2D eigenvalue weighted by molar-refractivity contribution is 14.1. The minimum Gasteiger partial charge on any atom is -0.0874 e. The topological polar surface area (TPSA) is 0 Å². The maximum Gasteiger partial charge on any atom is 0.0159 e. The standard InChI is InChI=1S/C26H27I/c1-5-8-20-17(6-2)9-7-10-21(20)18-11-13-22-23-14-12-19(27)16-25(23)26(3,4)24(22)15-18/h5,7-8,10-17H,6,9H2,1-4H3/b8-5-. The zero-order valence-electron chi connectivity index (χ0n) is 16.6. The molecule has 0 saturated carbocycles. The molecule has 0 spiro atoms. The van der Waals surface area contributed by atoms with Gasteiger partial charge in [0.1, 0.15) is 0 Å². The summed E-state index contributed by atoms with van der Waals surface area (Å²) in [5, 5.41) is 0. The van der Waals surface area contributed by atoms with Crippen LogP contribution < -0.4 is 0 Å². The van der Waals surface area contributed by atoms with Crippen LogP contribution >= 0.6 is 22.6 Å². The van der Waals surface area contributed by atoms with Gasteiger partial charge < -0.3 is 0 Å². The van der Waals surface area contributed by atoms with E-state index in [2.05, 4.69) is 111 Å². The van der Waals surface area contributed by atoms with E-state index in [4.69, 9.17) is 0 Å². The van der Waals surface area contributed by atoms with Crippen molar-refractivity contribution in [1.82, 2.24) is 0 Å². The number of halogens is 1. The van der Waals surface area contributed by atoms with Crippen molar-refractivity contribution in [3.05, 3.63) is 86.5 Å². The van der Waals surface area contributed by atoms with Gasteiger partial charge in [-0.15, -0.1) is 0 Å². The third-order valence-electron chi connectivity index (χ3n) is 6.24. The molecule has 1 heteroatoms. The highest BCUT2D eigenvalue weighted by Crippen LogP contribution is 2.50. The lowest BCUT2D eigenvalue weighted by atomic mass is 9.79. The summed E-state index contributed by atoms with van der Waals surface area (Å²) >= 11 is 2.43. The number of allylic oxidation sites excluding steroid dienone is 6. The predicted octanol–water partition coefficient (Wildman–Crippen LogP) is 7.91. The van der Waals surface area contributed by atoms with Crippen LogP contribution in [0.4, 0.5) is 0 Å². The molecule has 4 rings (SSSR count). The molecule has 27 heavy (non-hydrogen) atoms. The second-order valence-electron chi connectivity index (χ2n) is 8.19. The monoisotopic (exact) mass is 466 g/mol. The lowest BCUT2D eigenvalue weighted by Crippen LogP contribution is -2.15. The molecule has 0 saturated heterocycles. The second-order valence-corrected chi connectivity index (χ2v) is 9.43. The SMILES string of the molecule is C/C=C\C1=C(c2ccc3c(c2)C(C)(C)c2cc(I)ccc2-3)C=CCC1CC. The molecule has 2 aliphatic rings. The van der Waals surface area contributed by atoms with E-state index < -0.39 is 0 Å². The van der Waals surface area contributed by atoms with Crippen molar-refractivity contribution in [2.75, 3.05) is 0 Å². The fourth-order valence-corrected chi connectivity index (χ4v) is 5.22. The Morgan fingerprint density at radius 1 is 1.07 bits per heavy atom. The summed E-state index contributed by atoms with van der Waals surface area (Å²) in [4.78, 5) is 0. The van der Waals surface area contributed by atoms with E-state index >= 15 is 0 Å². The first kappa shape index (κ1) is 18.7. The molecule has 2 aliphatic carbocycles. The summed E-state index contributed by atoms with van der Waals surface area (Å²) in [7, 11) is 0. The van der Waals surface area contributed by atoms with E-state index in [1.54, 1.807) is 0 Å². The van der Waals surface area contributed by atoms with Gasteiger partial charge in [0.25, 0.3) is 0 Å². The second kappa shape index (κ2) is 7.09. The van der Waals surface area contributed by atoms with Crippen molar-refractivity contribution in [2.24, 2.45) is 5.92 Å². The van der Waals surface area contributed by atoms with Crippen LogP contribution in [-0.2, 0) is 5.41 Å². The third kappa shape index (κ3) is 3.04. The summed E-state index contributed by atoms with van der Waals surface area (Å²) in [6.45, 7) is 9.16. The van der Waals surface area contributed by atoms with E-state index in [0.29, 0.717) is 5.92 Å². The van der Waals surface area contributed by atoms with E-state index in [1.165, 1.54) is 49.0 Å². The number of hydrogen-bond donors (Lipinski definition) is 0. The lowest BCUT2D eigenvalue weighted by Gasteiger charge is -2.25. The zero-order chi connectivity index (χ0) is 19.2. The lowest BCUT2D eigenvalue weighted by molar-refractivity contribution is 0.610. The smallest absolute Gasteiger partial charge is 0.0159 e. The zero-order valence-corrected chi connectivity index (χ0v) is 18.8. The summed E-state index contributed by atoms with van der Waals surface area (Å²) in [5.74, 6) is 0.626. The van der Waals surface area contributed by atoms with Gasteiger partial charge in [-0.2, -0.15) is 0 Å². The van der Waals surface area contributed by atoms with Gasteiger partial charge in [-0.3, -0.25) is 0 Å². The van der Waals surface area contributed by atoms with Crippen LogP contribution in [-0.4, -0.2) is 0 Å². The van der Waals surface area contributed by atoms with Crippen LogP contribution in [0.3, 0.4) is 0 Å². The Labute approximate surface area is 177 Å². The van der Waals surface area contributed by atoms with Crippen molar-refractivity contribution in [1.29, 1.82) is 0 Å². The molecule has 1 unspecified atom stereocenters. The van der Waals surface area contributed by atoms with Crippen LogP contribution in [0.5, 0.6) is 0 Å². The number of fused-ring (bicyclic) bond motifs is 3. The Hall–Kier alpha value is -1.61. The Kier molecular flexibility index (Phi) is 4.92. The summed E-state index contributed by atoms with van der Waals surface area (Å²) in [6.07, 6.45) is 11.5. The van der Waals surface area contributed by atoms with Gasteiger partial charge in [0.2, 0.25) is 0 Å². The number of rotatable bonds is 3. The number of benzene rings is 2. The predicted molar refractivity (Wildman–Crippen MR) is 126 cm³/mol. The normalized spacial score (nSPS) is 20.3. The van der Waals surface area contributed by atoms with Gasteiger partial charge >= 0.3 is 0 Å². The molecule has 0 aromatic heterocycles. The molecule has 0 heterocycles. The molecule has 2 aromatic rings. The molecule has 0 amide bonds. The average molecular weight is 466 g/mol. The summed E-state index contributed by atoms with van der Waals surface area (Å²) < 4.78 is 1.31. The fraction of sp³-hybridized carbons (Fsp3) is 0.308. The van der Waals surface area contributed by atoms with Crippen LogP contribution in [0.2, 0.25) is 0 Å². The van der Waals surface area contributed by atoms with Crippen molar-refractivity contribution in [2.45, 2.75) is 46.0 Å². The van der Waals surface area contributed by atoms with Crippen LogP contribution in [0.25, 0.3) is 16.7 Å². The number of hydrogen-bond acceptors (Lipinski definition) is 0. The molecule has 0 radical (unpaired) electrons. The first-order valence-corrected chi connectivity index (χ1v) is 11.0. The van der Waals surface area contributed by atoms with Gasteiger partial charge in [-0.1, -0.05) is 63.3 Å². The van der Waals surface area contributed by atoms with Crippen LogP contribution in [0, 0.1) is 9.49 Å². The van der Waals surface area contributed by atoms with Gasteiger partial charge in [-0.05, 0) is 105 Å². The molecule has 138 valence electrons. The average Bonchev–Trinajstić information content (AvgIpc) is 2.89. The Balaban J connectivity index is 1.89. The Bertz CT molecular complexity index is 985. The minimum atomic E-state index is 0.0473. The third-order valence-corrected chi connectivity index (χ3v) is 6.92. The summed E-state index contributed by atoms with van der Waals surface area (Å²) in [6, 6.07) is 14.0. The molecular formula is C26H27I. The van der Waals surface area contributed by atoms with Crippen molar-refractivity contribution >= 4 is 28.2 Å².